The Kier molecular flexibility index (Phi) is 4.38. The minimum Gasteiger partial charge on any atom is -0.332 e. The van der Waals surface area contributed by atoms with Crippen molar-refractivity contribution in [2.24, 2.45) is 0 Å². The van der Waals surface area contributed by atoms with Crippen molar-refractivity contribution in [1.82, 2.24) is 9.55 Å². The minimum absolute atomic E-state index is 0.153. The molecule has 25 heavy (non-hydrogen) atoms. The molecule has 1 aliphatic rings. The first kappa shape index (κ1) is 16.1. The molecule has 4 rings (SSSR count). The molecular weight excluding hydrogens is 312 g/mol. The van der Waals surface area contributed by atoms with Gasteiger partial charge < -0.3 is 9.47 Å². The summed E-state index contributed by atoms with van der Waals surface area (Å²) in [6, 6.07) is 20.5. The summed E-state index contributed by atoms with van der Waals surface area (Å²) < 4.78 is 14.1. The van der Waals surface area contributed by atoms with Gasteiger partial charge in [-0.15, -0.1) is 0 Å². The van der Waals surface area contributed by atoms with Crippen molar-refractivity contribution < 1.29 is 9.47 Å². The molecule has 0 amide bonds. The summed E-state index contributed by atoms with van der Waals surface area (Å²) >= 11 is 0. The minimum atomic E-state index is -0.459. The number of rotatable bonds is 3. The van der Waals surface area contributed by atoms with Gasteiger partial charge in [0.05, 0.1) is 29.9 Å². The van der Waals surface area contributed by atoms with Crippen LogP contribution in [-0.4, -0.2) is 21.8 Å². The fraction of sp³-hybridized carbons (Fsp3) is 0.286. The number of ether oxygens (including phenoxy) is 2. The van der Waals surface area contributed by atoms with E-state index in [9.17, 15) is 0 Å². The van der Waals surface area contributed by atoms with Crippen LogP contribution in [0.5, 0.6) is 0 Å². The number of benzene rings is 2. The molecule has 0 radical (unpaired) electrons. The van der Waals surface area contributed by atoms with E-state index in [1.165, 1.54) is 0 Å². The van der Waals surface area contributed by atoms with Crippen LogP contribution >= 0.6 is 0 Å². The van der Waals surface area contributed by atoms with E-state index in [1.807, 2.05) is 47.3 Å². The number of hydrogen-bond donors (Lipinski definition) is 0. The van der Waals surface area contributed by atoms with Gasteiger partial charge in [0.2, 0.25) is 6.41 Å². The Morgan fingerprint density at radius 2 is 1.40 bits per heavy atom. The Balaban J connectivity index is 1.84. The lowest BCUT2D eigenvalue weighted by atomic mass is 10.0. The molecule has 1 saturated heterocycles. The molecule has 0 aliphatic carbocycles. The van der Waals surface area contributed by atoms with Crippen molar-refractivity contribution in [3.05, 3.63) is 67.0 Å². The molecule has 2 unspecified atom stereocenters. The van der Waals surface area contributed by atoms with Gasteiger partial charge in [0.25, 0.3) is 0 Å². The molecule has 3 aromatic rings. The van der Waals surface area contributed by atoms with E-state index in [0.717, 1.165) is 28.9 Å². The quantitative estimate of drug-likeness (QED) is 0.684. The Bertz CT molecular complexity index is 820. The molecular formula is C21H22N2O2. The largest absolute Gasteiger partial charge is 0.332 e. The summed E-state index contributed by atoms with van der Waals surface area (Å²) in [5.74, 6) is 0. The highest BCUT2D eigenvalue weighted by Crippen LogP contribution is 2.36. The average molecular weight is 334 g/mol. The molecule has 4 nitrogen and oxygen atoms in total. The van der Waals surface area contributed by atoms with Crippen LogP contribution in [0.1, 0.15) is 26.7 Å². The van der Waals surface area contributed by atoms with E-state index in [2.05, 4.69) is 38.1 Å². The van der Waals surface area contributed by atoms with Gasteiger partial charge in [-0.2, -0.15) is 0 Å². The SMILES string of the molecule is CC1CC(C)OC(n2cnc(-c3ccccc3)c2-c2ccccc2)O1. The third-order valence-electron chi connectivity index (χ3n) is 4.48. The molecule has 1 aromatic heterocycles. The molecule has 0 saturated carbocycles. The van der Waals surface area contributed by atoms with Crippen LogP contribution in [0.25, 0.3) is 22.5 Å². The highest BCUT2D eigenvalue weighted by molar-refractivity contribution is 5.78. The van der Waals surface area contributed by atoms with Crippen molar-refractivity contribution in [2.75, 3.05) is 0 Å². The monoisotopic (exact) mass is 334 g/mol. The lowest BCUT2D eigenvalue weighted by molar-refractivity contribution is -0.273. The molecule has 0 spiro atoms. The van der Waals surface area contributed by atoms with Crippen molar-refractivity contribution in [2.45, 2.75) is 38.9 Å². The second-order valence-electron chi connectivity index (χ2n) is 6.52. The van der Waals surface area contributed by atoms with Crippen molar-refractivity contribution in [3.8, 4) is 22.5 Å². The van der Waals surface area contributed by atoms with Crippen molar-refractivity contribution >= 4 is 0 Å². The molecule has 1 aliphatic heterocycles. The van der Waals surface area contributed by atoms with Crippen molar-refractivity contribution in [1.29, 1.82) is 0 Å². The van der Waals surface area contributed by atoms with Gasteiger partial charge in [-0.25, -0.2) is 4.98 Å². The standard InChI is InChI=1S/C21H22N2O2/c1-15-13-16(2)25-21(24-15)23-14-22-19(17-9-5-3-6-10-17)20(23)18-11-7-4-8-12-18/h3-12,14-16,21H,13H2,1-2H3. The lowest BCUT2D eigenvalue weighted by Crippen LogP contribution is -2.33. The highest BCUT2D eigenvalue weighted by Gasteiger charge is 2.29. The summed E-state index contributed by atoms with van der Waals surface area (Å²) in [6.07, 6.45) is 2.57. The normalized spacial score (nSPS) is 23.5. The maximum Gasteiger partial charge on any atom is 0.246 e. The Hall–Kier alpha value is -2.43. The Morgan fingerprint density at radius 1 is 0.840 bits per heavy atom. The lowest BCUT2D eigenvalue weighted by Gasteiger charge is -2.33. The van der Waals surface area contributed by atoms with E-state index < -0.39 is 6.41 Å². The van der Waals surface area contributed by atoms with Crippen LogP contribution in [0.2, 0.25) is 0 Å². The predicted octanol–water partition coefficient (Wildman–Crippen LogP) is 4.89. The van der Waals surface area contributed by atoms with E-state index in [0.29, 0.717) is 0 Å². The third-order valence-corrected chi connectivity index (χ3v) is 4.48. The summed E-state index contributed by atoms with van der Waals surface area (Å²) in [5.41, 5.74) is 4.12. The van der Waals surface area contributed by atoms with Crippen LogP contribution in [0.4, 0.5) is 0 Å². The van der Waals surface area contributed by atoms with Gasteiger partial charge in [0.15, 0.2) is 0 Å². The van der Waals surface area contributed by atoms with Crippen LogP contribution in [0, 0.1) is 0 Å². The van der Waals surface area contributed by atoms with Crippen LogP contribution in [0.15, 0.2) is 67.0 Å². The number of imidazole rings is 1. The zero-order valence-corrected chi connectivity index (χ0v) is 14.5. The highest BCUT2D eigenvalue weighted by atomic mass is 16.7. The molecule has 0 N–H and O–H groups in total. The van der Waals surface area contributed by atoms with Gasteiger partial charge in [0, 0.05) is 11.1 Å². The number of hydrogen-bond acceptors (Lipinski definition) is 3. The fourth-order valence-corrected chi connectivity index (χ4v) is 3.35. The smallest absolute Gasteiger partial charge is 0.246 e. The number of aromatic nitrogens is 2. The molecule has 0 bridgehead atoms. The van der Waals surface area contributed by atoms with Crippen LogP contribution in [0.3, 0.4) is 0 Å². The molecule has 2 aromatic carbocycles. The zero-order chi connectivity index (χ0) is 17.2. The number of nitrogens with zero attached hydrogens (tertiary/aromatic N) is 2. The zero-order valence-electron chi connectivity index (χ0n) is 14.5. The average Bonchev–Trinajstić information content (AvgIpc) is 3.07. The second kappa shape index (κ2) is 6.82. The Morgan fingerprint density at radius 3 is 2.00 bits per heavy atom. The molecule has 4 heteroatoms. The van der Waals surface area contributed by atoms with E-state index >= 15 is 0 Å². The van der Waals surface area contributed by atoms with Crippen LogP contribution < -0.4 is 0 Å². The first-order chi connectivity index (χ1) is 12.2. The summed E-state index contributed by atoms with van der Waals surface area (Å²) in [6.45, 7) is 4.17. The van der Waals surface area contributed by atoms with E-state index in [1.54, 1.807) is 0 Å². The van der Waals surface area contributed by atoms with E-state index in [-0.39, 0.29) is 12.2 Å². The third kappa shape index (κ3) is 3.23. The van der Waals surface area contributed by atoms with Gasteiger partial charge >= 0.3 is 0 Å². The summed E-state index contributed by atoms with van der Waals surface area (Å²) in [4.78, 5) is 4.69. The summed E-state index contributed by atoms with van der Waals surface area (Å²) in [5, 5.41) is 0. The second-order valence-corrected chi connectivity index (χ2v) is 6.52. The maximum atomic E-state index is 6.05. The molecule has 1 fully saturated rings. The molecule has 2 heterocycles. The van der Waals surface area contributed by atoms with Crippen LogP contribution in [-0.2, 0) is 9.47 Å². The Labute approximate surface area is 148 Å². The topological polar surface area (TPSA) is 36.3 Å². The van der Waals surface area contributed by atoms with Gasteiger partial charge in [-0.1, -0.05) is 60.7 Å². The first-order valence-electron chi connectivity index (χ1n) is 8.71. The van der Waals surface area contributed by atoms with Gasteiger partial charge in [0.1, 0.15) is 0 Å². The summed E-state index contributed by atoms with van der Waals surface area (Å²) in [7, 11) is 0. The molecule has 2 atom stereocenters. The van der Waals surface area contributed by atoms with Gasteiger partial charge in [-0.05, 0) is 20.3 Å². The molecule has 128 valence electrons. The van der Waals surface area contributed by atoms with E-state index in [4.69, 9.17) is 14.5 Å². The first-order valence-corrected chi connectivity index (χ1v) is 8.71. The van der Waals surface area contributed by atoms with Gasteiger partial charge in [-0.3, -0.25) is 4.57 Å². The van der Waals surface area contributed by atoms with Crippen molar-refractivity contribution in [3.63, 3.8) is 0 Å². The predicted molar refractivity (Wildman–Crippen MR) is 97.8 cm³/mol. The maximum absolute atomic E-state index is 6.05. The fourth-order valence-electron chi connectivity index (χ4n) is 3.35.